The zero-order valence-electron chi connectivity index (χ0n) is 11.0. The number of urea groups is 1. The average Bonchev–Trinajstić information content (AvgIpc) is 2.38. The van der Waals surface area contributed by atoms with E-state index in [0.29, 0.717) is 5.69 Å². The van der Waals surface area contributed by atoms with Crippen molar-refractivity contribution in [2.45, 2.75) is 19.8 Å². The Labute approximate surface area is 115 Å². The van der Waals surface area contributed by atoms with Crippen LogP contribution in [0.25, 0.3) is 0 Å². The lowest BCUT2D eigenvalue weighted by molar-refractivity contribution is -0.136. The first-order valence-corrected chi connectivity index (χ1v) is 6.02. The second-order valence-electron chi connectivity index (χ2n) is 4.21. The molecule has 0 bridgehead atoms. The summed E-state index contributed by atoms with van der Waals surface area (Å²) in [6.07, 6.45) is -2.92. The van der Waals surface area contributed by atoms with Crippen LogP contribution in [0.1, 0.15) is 12.0 Å². The molecule has 0 atom stereocenters. The summed E-state index contributed by atoms with van der Waals surface area (Å²) in [5.74, 6) is -1.07. The van der Waals surface area contributed by atoms with Crippen LogP contribution in [0.3, 0.4) is 0 Å². The van der Waals surface area contributed by atoms with E-state index in [2.05, 4.69) is 5.32 Å². The lowest BCUT2D eigenvalue weighted by Gasteiger charge is -2.22. The minimum atomic E-state index is -2.65. The van der Waals surface area contributed by atoms with E-state index >= 15 is 0 Å². The molecule has 0 saturated carbocycles. The Morgan fingerprint density at radius 2 is 1.90 bits per heavy atom. The van der Waals surface area contributed by atoms with E-state index in [9.17, 15) is 18.4 Å². The van der Waals surface area contributed by atoms with Gasteiger partial charge in [-0.15, -0.1) is 0 Å². The Bertz CT molecular complexity index is 463. The molecule has 0 fully saturated rings. The van der Waals surface area contributed by atoms with Crippen molar-refractivity contribution in [3.05, 3.63) is 29.8 Å². The highest BCUT2D eigenvalue weighted by Crippen LogP contribution is 2.15. The number of carbonyl (C=O) groups is 2. The molecule has 0 aliphatic rings. The molecule has 2 N–H and O–H groups in total. The molecule has 1 rings (SSSR count). The number of benzene rings is 1. The van der Waals surface area contributed by atoms with Gasteiger partial charge < -0.3 is 10.4 Å². The van der Waals surface area contributed by atoms with Gasteiger partial charge in [-0.25, -0.2) is 13.6 Å². The van der Waals surface area contributed by atoms with Gasteiger partial charge >= 0.3 is 12.0 Å². The third kappa shape index (κ3) is 5.21. The SMILES string of the molecule is Cc1ccc(N(CCC(=O)O)C(=O)NCC(F)F)cc1. The van der Waals surface area contributed by atoms with Gasteiger partial charge in [-0.2, -0.15) is 0 Å². The van der Waals surface area contributed by atoms with Gasteiger partial charge in [-0.1, -0.05) is 17.7 Å². The fourth-order valence-electron chi connectivity index (χ4n) is 1.54. The molecule has 2 amide bonds. The predicted octanol–water partition coefficient (Wildman–Crippen LogP) is 2.25. The molecule has 20 heavy (non-hydrogen) atoms. The third-order valence-corrected chi connectivity index (χ3v) is 2.55. The minimum Gasteiger partial charge on any atom is -0.481 e. The summed E-state index contributed by atoms with van der Waals surface area (Å²) in [5, 5.41) is 10.7. The van der Waals surface area contributed by atoms with Crippen LogP contribution in [-0.2, 0) is 4.79 Å². The van der Waals surface area contributed by atoms with Crippen molar-refractivity contribution in [3.8, 4) is 0 Å². The number of hydrogen-bond acceptors (Lipinski definition) is 2. The fraction of sp³-hybridized carbons (Fsp3) is 0.385. The summed E-state index contributed by atoms with van der Waals surface area (Å²) in [6, 6.07) is 6.04. The number of carbonyl (C=O) groups excluding carboxylic acids is 1. The zero-order valence-corrected chi connectivity index (χ0v) is 11.0. The summed E-state index contributed by atoms with van der Waals surface area (Å²) >= 11 is 0. The van der Waals surface area contributed by atoms with Crippen LogP contribution in [0.5, 0.6) is 0 Å². The van der Waals surface area contributed by atoms with Crippen LogP contribution in [0, 0.1) is 6.92 Å². The van der Waals surface area contributed by atoms with E-state index in [-0.39, 0.29) is 13.0 Å². The molecule has 5 nitrogen and oxygen atoms in total. The Morgan fingerprint density at radius 3 is 2.40 bits per heavy atom. The second kappa shape index (κ2) is 7.42. The number of nitrogens with zero attached hydrogens (tertiary/aromatic N) is 1. The predicted molar refractivity (Wildman–Crippen MR) is 70.2 cm³/mol. The van der Waals surface area contributed by atoms with Gasteiger partial charge in [0.15, 0.2) is 0 Å². The number of carboxylic acids is 1. The van der Waals surface area contributed by atoms with Crippen molar-refractivity contribution in [1.29, 1.82) is 0 Å². The van der Waals surface area contributed by atoms with Crippen LogP contribution in [0.4, 0.5) is 19.3 Å². The lowest BCUT2D eigenvalue weighted by atomic mass is 10.2. The largest absolute Gasteiger partial charge is 0.481 e. The summed E-state index contributed by atoms with van der Waals surface area (Å²) in [7, 11) is 0. The van der Waals surface area contributed by atoms with Crippen molar-refractivity contribution in [1.82, 2.24) is 5.32 Å². The Balaban J connectivity index is 2.81. The van der Waals surface area contributed by atoms with Crippen LogP contribution >= 0.6 is 0 Å². The van der Waals surface area contributed by atoms with Gasteiger partial charge in [0.25, 0.3) is 6.43 Å². The molecular formula is C13H16F2N2O3. The van der Waals surface area contributed by atoms with Crippen molar-refractivity contribution >= 4 is 17.7 Å². The molecular weight excluding hydrogens is 270 g/mol. The number of nitrogens with one attached hydrogen (secondary N) is 1. The Kier molecular flexibility index (Phi) is 5.89. The van der Waals surface area contributed by atoms with Gasteiger partial charge in [0, 0.05) is 12.2 Å². The molecule has 0 aliphatic heterocycles. The Hall–Kier alpha value is -2.18. The van der Waals surface area contributed by atoms with Gasteiger partial charge in [-0.3, -0.25) is 9.69 Å². The van der Waals surface area contributed by atoms with E-state index in [1.54, 1.807) is 24.3 Å². The first kappa shape index (κ1) is 15.9. The molecule has 1 aromatic rings. The number of carboxylic acid groups (broad SMARTS) is 1. The molecule has 0 saturated heterocycles. The van der Waals surface area contributed by atoms with Crippen molar-refractivity contribution in [3.63, 3.8) is 0 Å². The van der Waals surface area contributed by atoms with E-state index in [0.717, 1.165) is 10.5 Å². The number of halogens is 2. The number of alkyl halides is 2. The van der Waals surface area contributed by atoms with Crippen molar-refractivity contribution in [2.24, 2.45) is 0 Å². The highest BCUT2D eigenvalue weighted by atomic mass is 19.3. The maximum absolute atomic E-state index is 12.1. The number of hydrogen-bond donors (Lipinski definition) is 2. The number of anilines is 1. The third-order valence-electron chi connectivity index (χ3n) is 2.55. The number of aryl methyl sites for hydroxylation is 1. The van der Waals surface area contributed by atoms with Gasteiger partial charge in [0.1, 0.15) is 0 Å². The molecule has 0 radical (unpaired) electrons. The summed E-state index contributed by atoms with van der Waals surface area (Å²) < 4.78 is 24.2. The molecule has 0 spiro atoms. The average molecular weight is 286 g/mol. The topological polar surface area (TPSA) is 69.6 Å². The van der Waals surface area contributed by atoms with Crippen LogP contribution in [-0.4, -0.2) is 36.6 Å². The number of amides is 2. The van der Waals surface area contributed by atoms with Gasteiger partial charge in [-0.05, 0) is 19.1 Å². The van der Waals surface area contributed by atoms with Crippen molar-refractivity contribution < 1.29 is 23.5 Å². The normalized spacial score (nSPS) is 10.4. The van der Waals surface area contributed by atoms with Gasteiger partial charge in [0.2, 0.25) is 0 Å². The minimum absolute atomic E-state index is 0.0898. The fourth-order valence-corrected chi connectivity index (χ4v) is 1.54. The van der Waals surface area contributed by atoms with Crippen LogP contribution < -0.4 is 10.2 Å². The molecule has 0 aromatic heterocycles. The quantitative estimate of drug-likeness (QED) is 0.842. The van der Waals surface area contributed by atoms with E-state index in [1.165, 1.54) is 0 Å². The van der Waals surface area contributed by atoms with Gasteiger partial charge in [0.05, 0.1) is 13.0 Å². The van der Waals surface area contributed by atoms with E-state index in [4.69, 9.17) is 5.11 Å². The lowest BCUT2D eigenvalue weighted by Crippen LogP contribution is -2.43. The van der Waals surface area contributed by atoms with E-state index < -0.39 is 25.0 Å². The maximum atomic E-state index is 12.1. The highest BCUT2D eigenvalue weighted by Gasteiger charge is 2.17. The first-order valence-electron chi connectivity index (χ1n) is 6.02. The first-order chi connectivity index (χ1) is 9.40. The highest BCUT2D eigenvalue weighted by molar-refractivity contribution is 5.92. The molecule has 0 heterocycles. The molecule has 110 valence electrons. The second-order valence-corrected chi connectivity index (χ2v) is 4.21. The van der Waals surface area contributed by atoms with Crippen LogP contribution in [0.2, 0.25) is 0 Å². The maximum Gasteiger partial charge on any atom is 0.322 e. The Morgan fingerprint density at radius 1 is 1.30 bits per heavy atom. The smallest absolute Gasteiger partial charge is 0.322 e. The molecule has 0 unspecified atom stereocenters. The summed E-state index contributed by atoms with van der Waals surface area (Å²) in [5.41, 5.74) is 1.43. The number of rotatable bonds is 6. The zero-order chi connectivity index (χ0) is 15.1. The summed E-state index contributed by atoms with van der Waals surface area (Å²) in [6.45, 7) is 1.00. The summed E-state index contributed by atoms with van der Waals surface area (Å²) in [4.78, 5) is 23.6. The standard InChI is InChI=1S/C13H16F2N2O3/c1-9-2-4-10(5-3-9)17(7-6-12(18)19)13(20)16-8-11(14)15/h2-5,11H,6-8H2,1H3,(H,16,20)(H,18,19). The molecule has 1 aromatic carbocycles. The van der Waals surface area contributed by atoms with E-state index in [1.807, 2.05) is 6.92 Å². The monoisotopic (exact) mass is 286 g/mol. The van der Waals surface area contributed by atoms with Crippen molar-refractivity contribution in [2.75, 3.05) is 18.0 Å². The van der Waals surface area contributed by atoms with Crippen LogP contribution in [0.15, 0.2) is 24.3 Å². The molecule has 7 heteroatoms. The number of aliphatic carboxylic acids is 1. The molecule has 0 aliphatic carbocycles.